The van der Waals surface area contributed by atoms with Crippen LogP contribution in [-0.4, -0.2) is 35.0 Å². The number of carbonyl (C=O) groups is 3. The normalized spacial score (nSPS) is 27.5. The molecule has 1 saturated heterocycles. The van der Waals surface area contributed by atoms with E-state index in [1.54, 1.807) is 22.6 Å². The molecule has 1 aliphatic heterocycles. The first-order valence-corrected chi connectivity index (χ1v) is 4.64. The van der Waals surface area contributed by atoms with Gasteiger partial charge in [-0.25, -0.2) is 9.59 Å². The van der Waals surface area contributed by atoms with Crippen LogP contribution in [0.3, 0.4) is 0 Å². The van der Waals surface area contributed by atoms with Crippen molar-refractivity contribution in [1.82, 2.24) is 10.6 Å². The molecule has 2 N–H and O–H groups in total. The van der Waals surface area contributed by atoms with Gasteiger partial charge in [-0.3, -0.25) is 10.1 Å². The van der Waals surface area contributed by atoms with E-state index in [2.05, 4.69) is 10.1 Å². The number of imide groups is 1. The third-order valence-corrected chi connectivity index (χ3v) is 2.81. The summed E-state index contributed by atoms with van der Waals surface area (Å²) >= 11 is 1.77. The van der Waals surface area contributed by atoms with Crippen LogP contribution in [0.2, 0.25) is 0 Å². The molecule has 13 heavy (non-hydrogen) atoms. The summed E-state index contributed by atoms with van der Waals surface area (Å²) in [5.74, 6) is -1.11. The number of carbonyl (C=O) groups excluding carboxylic acids is 3. The number of rotatable bonds is 1. The molecule has 72 valence electrons. The van der Waals surface area contributed by atoms with Gasteiger partial charge in [0.2, 0.25) is 5.91 Å². The minimum atomic E-state index is -0.896. The van der Waals surface area contributed by atoms with Gasteiger partial charge in [-0.2, -0.15) is 0 Å². The van der Waals surface area contributed by atoms with Gasteiger partial charge in [0.1, 0.15) is 9.97 Å². The molecule has 1 rings (SSSR count). The van der Waals surface area contributed by atoms with Gasteiger partial charge in [0, 0.05) is 0 Å². The molecule has 2 atom stereocenters. The summed E-state index contributed by atoms with van der Waals surface area (Å²) in [4.78, 5) is 32.9. The molecule has 0 aromatic carbocycles. The van der Waals surface area contributed by atoms with Gasteiger partial charge in [0.15, 0.2) is 0 Å². The van der Waals surface area contributed by atoms with E-state index in [-0.39, 0.29) is 0 Å². The predicted octanol–water partition coefficient (Wildman–Crippen LogP) is -0.829. The maximum atomic E-state index is 11.0. The third-order valence-electron chi connectivity index (χ3n) is 1.52. The SMILES string of the molecule is COC(=O)C1NC(=O)NC(=O)C1I. The first-order chi connectivity index (χ1) is 6.06. The van der Waals surface area contributed by atoms with Crippen molar-refractivity contribution in [3.8, 4) is 0 Å². The Labute approximate surface area is 87.5 Å². The monoisotopic (exact) mass is 298 g/mol. The molecule has 0 aromatic heterocycles. The summed E-state index contributed by atoms with van der Waals surface area (Å²) < 4.78 is 3.78. The van der Waals surface area contributed by atoms with Crippen LogP contribution in [0.4, 0.5) is 4.79 Å². The summed E-state index contributed by atoms with van der Waals surface area (Å²) in [6.45, 7) is 0. The number of hydrogen-bond donors (Lipinski definition) is 2. The van der Waals surface area contributed by atoms with Gasteiger partial charge in [-0.1, -0.05) is 22.6 Å². The van der Waals surface area contributed by atoms with Crippen molar-refractivity contribution in [1.29, 1.82) is 0 Å². The Hall–Kier alpha value is -0.860. The lowest BCUT2D eigenvalue weighted by Crippen LogP contribution is -2.61. The van der Waals surface area contributed by atoms with Crippen molar-refractivity contribution < 1.29 is 19.1 Å². The lowest BCUT2D eigenvalue weighted by atomic mass is 10.2. The fraction of sp³-hybridized carbons (Fsp3) is 0.500. The summed E-state index contributed by atoms with van der Waals surface area (Å²) in [5, 5.41) is 4.33. The average molecular weight is 298 g/mol. The maximum Gasteiger partial charge on any atom is 0.330 e. The number of ether oxygens (including phenoxy) is 1. The van der Waals surface area contributed by atoms with E-state index in [1.165, 1.54) is 7.11 Å². The number of methoxy groups -OCH3 is 1. The minimum absolute atomic E-state index is 0.486. The highest BCUT2D eigenvalue weighted by Crippen LogP contribution is 2.11. The van der Waals surface area contributed by atoms with E-state index in [1.807, 2.05) is 5.32 Å². The quantitative estimate of drug-likeness (QED) is 0.376. The second kappa shape index (κ2) is 3.90. The Morgan fingerprint density at radius 2 is 2.15 bits per heavy atom. The van der Waals surface area contributed by atoms with E-state index in [0.717, 1.165) is 0 Å². The molecule has 0 aromatic rings. The largest absolute Gasteiger partial charge is 0.467 e. The molecule has 0 radical (unpaired) electrons. The molecule has 0 aliphatic carbocycles. The number of amides is 3. The first kappa shape index (κ1) is 10.2. The van der Waals surface area contributed by atoms with Gasteiger partial charge < -0.3 is 10.1 Å². The number of halogens is 1. The van der Waals surface area contributed by atoms with Gasteiger partial charge in [-0.15, -0.1) is 0 Å². The average Bonchev–Trinajstić information content (AvgIpc) is 2.10. The second-order valence-electron chi connectivity index (χ2n) is 2.37. The molecule has 2 unspecified atom stereocenters. The van der Waals surface area contributed by atoms with Crippen molar-refractivity contribution >= 4 is 40.5 Å². The number of nitrogens with one attached hydrogen (secondary N) is 2. The van der Waals surface area contributed by atoms with Crippen LogP contribution in [0, 0.1) is 0 Å². The molecule has 3 amide bonds. The van der Waals surface area contributed by atoms with Gasteiger partial charge in [0.25, 0.3) is 0 Å². The van der Waals surface area contributed by atoms with Crippen LogP contribution in [-0.2, 0) is 14.3 Å². The third kappa shape index (κ3) is 2.08. The van der Waals surface area contributed by atoms with Crippen molar-refractivity contribution in [3.05, 3.63) is 0 Å². The Kier molecular flexibility index (Phi) is 3.07. The first-order valence-electron chi connectivity index (χ1n) is 3.39. The predicted molar refractivity (Wildman–Crippen MR) is 50.3 cm³/mol. The van der Waals surface area contributed by atoms with E-state index < -0.39 is 27.9 Å². The molecule has 0 spiro atoms. The number of urea groups is 1. The summed E-state index contributed by atoms with van der Waals surface area (Å²) in [6, 6.07) is -1.57. The van der Waals surface area contributed by atoms with Crippen molar-refractivity contribution in [2.75, 3.05) is 7.11 Å². The van der Waals surface area contributed by atoms with E-state index in [9.17, 15) is 14.4 Å². The summed E-state index contributed by atoms with van der Waals surface area (Å²) in [5.41, 5.74) is 0. The fourth-order valence-corrected chi connectivity index (χ4v) is 1.52. The molecule has 6 nitrogen and oxygen atoms in total. The van der Waals surface area contributed by atoms with Crippen LogP contribution in [0.1, 0.15) is 0 Å². The Morgan fingerprint density at radius 1 is 1.54 bits per heavy atom. The smallest absolute Gasteiger partial charge is 0.330 e. The van der Waals surface area contributed by atoms with Gasteiger partial charge in [-0.05, 0) is 0 Å². The van der Waals surface area contributed by atoms with Crippen LogP contribution in [0.15, 0.2) is 0 Å². The molecule has 7 heteroatoms. The zero-order valence-corrected chi connectivity index (χ0v) is 8.82. The van der Waals surface area contributed by atoms with Gasteiger partial charge >= 0.3 is 12.0 Å². The molecule has 0 bridgehead atoms. The zero-order chi connectivity index (χ0) is 10.0. The van der Waals surface area contributed by atoms with Crippen LogP contribution in [0.5, 0.6) is 0 Å². The summed E-state index contributed by atoms with van der Waals surface area (Å²) in [6.07, 6.45) is 0. The lowest BCUT2D eigenvalue weighted by molar-refractivity contribution is -0.144. The Balaban J connectivity index is 2.77. The highest BCUT2D eigenvalue weighted by Gasteiger charge is 2.38. The van der Waals surface area contributed by atoms with Gasteiger partial charge in [0.05, 0.1) is 7.11 Å². The van der Waals surface area contributed by atoms with Crippen LogP contribution in [0.25, 0.3) is 0 Å². The minimum Gasteiger partial charge on any atom is -0.467 e. The number of hydrogen-bond acceptors (Lipinski definition) is 4. The summed E-state index contributed by atoms with van der Waals surface area (Å²) in [7, 11) is 1.20. The molecule has 1 fully saturated rings. The molecule has 1 heterocycles. The molecule has 1 aliphatic rings. The highest BCUT2D eigenvalue weighted by atomic mass is 127. The van der Waals surface area contributed by atoms with Crippen LogP contribution < -0.4 is 10.6 Å². The number of esters is 1. The number of alkyl halides is 1. The Morgan fingerprint density at radius 3 is 2.69 bits per heavy atom. The zero-order valence-electron chi connectivity index (χ0n) is 6.67. The highest BCUT2D eigenvalue weighted by molar-refractivity contribution is 14.1. The second-order valence-corrected chi connectivity index (χ2v) is 3.71. The van der Waals surface area contributed by atoms with E-state index in [4.69, 9.17) is 0 Å². The van der Waals surface area contributed by atoms with E-state index in [0.29, 0.717) is 0 Å². The maximum absolute atomic E-state index is 11.0. The lowest BCUT2D eigenvalue weighted by Gasteiger charge is -2.25. The van der Waals surface area contributed by atoms with Crippen molar-refractivity contribution in [2.45, 2.75) is 9.97 Å². The standard InChI is InChI=1S/C6H7IN2O4/c1-13-5(11)3-2(7)4(10)9-6(12)8-3/h2-3H,1H3,(H2,8,9,10,12). The molecule has 0 saturated carbocycles. The molecular formula is C6H7IN2O4. The van der Waals surface area contributed by atoms with E-state index >= 15 is 0 Å². The topological polar surface area (TPSA) is 84.5 Å². The van der Waals surface area contributed by atoms with Crippen molar-refractivity contribution in [2.24, 2.45) is 0 Å². The van der Waals surface area contributed by atoms with Crippen LogP contribution >= 0.6 is 22.6 Å². The molecular weight excluding hydrogens is 291 g/mol. The fourth-order valence-electron chi connectivity index (χ4n) is 0.888. The van der Waals surface area contributed by atoms with Crippen molar-refractivity contribution in [3.63, 3.8) is 0 Å². The Bertz CT molecular complexity index is 267.